The topological polar surface area (TPSA) is 12.9 Å². The first-order valence-electron chi connectivity index (χ1n) is 2.43. The van der Waals surface area contributed by atoms with E-state index < -0.39 is 6.63 Å². The van der Waals surface area contributed by atoms with Crippen LogP contribution in [0.25, 0.3) is 0 Å². The Balaban J connectivity index is 2.96. The fraction of sp³-hybridized carbons (Fsp3) is 0. The van der Waals surface area contributed by atoms with Gasteiger partial charge in [0.1, 0.15) is 6.63 Å². The molecule has 1 aromatic heterocycles. The van der Waals surface area contributed by atoms with Gasteiger partial charge in [0.15, 0.2) is 0 Å². The maximum atomic E-state index is 5.64. The molecule has 0 aliphatic carbocycles. The SMILES string of the molecule is ClP(Cl)c1cc(I)ccn1. The van der Waals surface area contributed by atoms with E-state index in [0.29, 0.717) is 0 Å². The van der Waals surface area contributed by atoms with Crippen LogP contribution >= 0.6 is 51.7 Å². The van der Waals surface area contributed by atoms with Gasteiger partial charge in [-0.25, -0.2) is 0 Å². The van der Waals surface area contributed by atoms with Crippen molar-refractivity contribution in [1.29, 1.82) is 0 Å². The molecule has 0 unspecified atom stereocenters. The summed E-state index contributed by atoms with van der Waals surface area (Å²) in [7, 11) is 0. The molecule has 0 aliphatic rings. The van der Waals surface area contributed by atoms with Crippen molar-refractivity contribution in [3.63, 3.8) is 0 Å². The normalized spacial score (nSPS) is 10.4. The lowest BCUT2D eigenvalue weighted by Crippen LogP contribution is -2.00. The van der Waals surface area contributed by atoms with Crippen LogP contribution in [0.5, 0.6) is 0 Å². The first-order valence-corrected chi connectivity index (χ1v) is 6.66. The number of halogens is 3. The largest absolute Gasteiger partial charge is 0.254 e. The molecule has 0 bridgehead atoms. The highest BCUT2D eigenvalue weighted by Crippen LogP contribution is 2.44. The Bertz CT molecular complexity index is 231. The highest BCUT2D eigenvalue weighted by Gasteiger charge is 2.03. The predicted octanol–water partition coefficient (Wildman–Crippen LogP) is 3.10. The summed E-state index contributed by atoms with van der Waals surface area (Å²) in [6, 6.07) is 3.78. The number of rotatable bonds is 1. The Kier molecular flexibility index (Phi) is 3.64. The lowest BCUT2D eigenvalue weighted by molar-refractivity contribution is 1.38. The van der Waals surface area contributed by atoms with Crippen molar-refractivity contribution < 1.29 is 0 Å². The van der Waals surface area contributed by atoms with Crippen LogP contribution in [0.2, 0.25) is 0 Å². The van der Waals surface area contributed by atoms with Crippen LogP contribution in [0.4, 0.5) is 0 Å². The smallest absolute Gasteiger partial charge is 0.135 e. The number of hydrogen-bond acceptors (Lipinski definition) is 1. The third kappa shape index (κ3) is 2.50. The summed E-state index contributed by atoms with van der Waals surface area (Å²) in [5, 5.41) is 0. The van der Waals surface area contributed by atoms with E-state index in [1.165, 1.54) is 0 Å². The lowest BCUT2D eigenvalue weighted by Gasteiger charge is -1.97. The monoisotopic (exact) mass is 305 g/mol. The average molecular weight is 306 g/mol. The molecule has 0 spiro atoms. The van der Waals surface area contributed by atoms with E-state index in [4.69, 9.17) is 22.5 Å². The molecular weight excluding hydrogens is 303 g/mol. The van der Waals surface area contributed by atoms with E-state index in [1.54, 1.807) is 6.20 Å². The minimum absolute atomic E-state index is 0.769. The van der Waals surface area contributed by atoms with Crippen LogP contribution in [-0.4, -0.2) is 4.98 Å². The summed E-state index contributed by atoms with van der Waals surface area (Å²) < 4.78 is 1.11. The zero-order chi connectivity index (χ0) is 7.56. The molecule has 0 radical (unpaired) electrons. The first kappa shape index (κ1) is 8.98. The molecule has 10 heavy (non-hydrogen) atoms. The van der Waals surface area contributed by atoms with Gasteiger partial charge in [0.25, 0.3) is 0 Å². The Labute approximate surface area is 83.6 Å². The van der Waals surface area contributed by atoms with Crippen LogP contribution in [0.3, 0.4) is 0 Å². The summed E-state index contributed by atoms with van der Waals surface area (Å²) in [6.45, 7) is -1.08. The lowest BCUT2D eigenvalue weighted by atomic mass is 10.5. The molecule has 0 amide bonds. The third-order valence-electron chi connectivity index (χ3n) is 0.881. The molecule has 0 aliphatic heterocycles. The second kappa shape index (κ2) is 4.05. The van der Waals surface area contributed by atoms with Gasteiger partial charge in [-0.15, -0.1) is 0 Å². The average Bonchev–Trinajstić information content (AvgIpc) is 1.88. The minimum Gasteiger partial charge on any atom is -0.254 e. The van der Waals surface area contributed by atoms with Crippen molar-refractivity contribution in [1.82, 2.24) is 4.98 Å². The van der Waals surface area contributed by atoms with Gasteiger partial charge in [0, 0.05) is 9.77 Å². The summed E-state index contributed by atoms with van der Waals surface area (Å²) >= 11 is 13.5. The van der Waals surface area contributed by atoms with Crippen LogP contribution in [0, 0.1) is 3.57 Å². The fourth-order valence-corrected chi connectivity index (χ4v) is 2.13. The van der Waals surface area contributed by atoms with Crippen LogP contribution in [0.15, 0.2) is 18.3 Å². The first-order chi connectivity index (χ1) is 4.70. The fourth-order valence-electron chi connectivity index (χ4n) is 0.486. The number of pyridine rings is 1. The minimum atomic E-state index is -1.08. The van der Waals surface area contributed by atoms with Gasteiger partial charge in [0.05, 0.1) is 5.44 Å². The molecule has 1 heterocycles. The molecule has 1 rings (SSSR count). The predicted molar refractivity (Wildman–Crippen MR) is 55.2 cm³/mol. The van der Waals surface area contributed by atoms with Gasteiger partial charge < -0.3 is 0 Å². The second-order valence-electron chi connectivity index (χ2n) is 1.57. The van der Waals surface area contributed by atoms with Crippen molar-refractivity contribution in [2.24, 2.45) is 0 Å². The van der Waals surface area contributed by atoms with Gasteiger partial charge in [-0.2, -0.15) is 0 Å². The van der Waals surface area contributed by atoms with Crippen LogP contribution in [0.1, 0.15) is 0 Å². The van der Waals surface area contributed by atoms with Gasteiger partial charge in [-0.1, -0.05) is 22.5 Å². The second-order valence-corrected chi connectivity index (χ2v) is 6.28. The zero-order valence-electron chi connectivity index (χ0n) is 4.76. The van der Waals surface area contributed by atoms with E-state index >= 15 is 0 Å². The van der Waals surface area contributed by atoms with E-state index in [-0.39, 0.29) is 0 Å². The number of nitrogens with zero attached hydrogens (tertiary/aromatic N) is 1. The molecule has 0 fully saturated rings. The maximum absolute atomic E-state index is 5.64. The molecule has 0 atom stereocenters. The zero-order valence-corrected chi connectivity index (χ0v) is 9.32. The van der Waals surface area contributed by atoms with Crippen molar-refractivity contribution in [3.8, 4) is 0 Å². The van der Waals surface area contributed by atoms with E-state index in [0.717, 1.165) is 9.01 Å². The third-order valence-corrected chi connectivity index (χ3v) is 3.18. The molecule has 54 valence electrons. The quantitative estimate of drug-likeness (QED) is 0.574. The Morgan fingerprint density at radius 1 is 1.50 bits per heavy atom. The molecule has 0 saturated carbocycles. The molecule has 0 N–H and O–H groups in total. The van der Waals surface area contributed by atoms with Crippen molar-refractivity contribution in [2.45, 2.75) is 0 Å². The van der Waals surface area contributed by atoms with Crippen molar-refractivity contribution in [2.75, 3.05) is 0 Å². The molecule has 5 heteroatoms. The van der Waals surface area contributed by atoms with Crippen molar-refractivity contribution >= 4 is 57.1 Å². The summed E-state index contributed by atoms with van der Waals surface area (Å²) in [6.07, 6.45) is 1.71. The number of aromatic nitrogens is 1. The molecule has 1 nitrogen and oxygen atoms in total. The highest BCUT2D eigenvalue weighted by molar-refractivity contribution is 14.1. The molecule has 0 saturated heterocycles. The van der Waals surface area contributed by atoms with Gasteiger partial charge in [-0.05, 0) is 34.7 Å². The molecule has 0 aromatic carbocycles. The van der Waals surface area contributed by atoms with E-state index in [2.05, 4.69) is 27.6 Å². The van der Waals surface area contributed by atoms with Gasteiger partial charge in [-0.3, -0.25) is 4.98 Å². The standard InChI is InChI=1S/C5H3Cl2INP/c6-10(7)5-3-4(8)1-2-9-5/h1-3H. The maximum Gasteiger partial charge on any atom is 0.135 e. The van der Waals surface area contributed by atoms with Crippen molar-refractivity contribution in [3.05, 3.63) is 21.9 Å². The van der Waals surface area contributed by atoms with E-state index in [1.807, 2.05) is 12.1 Å². The van der Waals surface area contributed by atoms with Gasteiger partial charge >= 0.3 is 0 Å². The highest BCUT2D eigenvalue weighted by atomic mass is 127. The molecular formula is C5H3Cl2INP. The molecule has 1 aromatic rings. The summed E-state index contributed by atoms with van der Waals surface area (Å²) in [4.78, 5) is 4.00. The Morgan fingerprint density at radius 2 is 2.20 bits per heavy atom. The summed E-state index contributed by atoms with van der Waals surface area (Å²) in [5.41, 5.74) is 0.769. The number of hydrogen-bond donors (Lipinski definition) is 0. The Hall–Kier alpha value is 0.890. The van der Waals surface area contributed by atoms with Crippen LogP contribution < -0.4 is 5.44 Å². The Morgan fingerprint density at radius 3 is 2.60 bits per heavy atom. The summed E-state index contributed by atoms with van der Waals surface area (Å²) in [5.74, 6) is 0. The van der Waals surface area contributed by atoms with E-state index in [9.17, 15) is 0 Å². The van der Waals surface area contributed by atoms with Crippen LogP contribution in [-0.2, 0) is 0 Å². The van der Waals surface area contributed by atoms with Gasteiger partial charge in [0.2, 0.25) is 0 Å².